The summed E-state index contributed by atoms with van der Waals surface area (Å²) in [6.07, 6.45) is 1.30. The van der Waals surface area contributed by atoms with Gasteiger partial charge in [-0.05, 0) is 42.3 Å². The van der Waals surface area contributed by atoms with Crippen molar-refractivity contribution in [1.82, 2.24) is 10.6 Å². The molecule has 1 fully saturated rings. The molecule has 2 nitrogen and oxygen atoms in total. The monoisotopic (exact) mass is 260 g/mol. The number of aryl methyl sites for hydroxylation is 1. The Bertz CT molecular complexity index is 319. The smallest absolute Gasteiger partial charge is 0.0302 e. The van der Waals surface area contributed by atoms with Gasteiger partial charge in [0.25, 0.3) is 0 Å². The zero-order valence-corrected chi connectivity index (χ0v) is 11.6. The highest BCUT2D eigenvalue weighted by atomic mass is 35.5. The number of hydrogen-bond donors (Lipinski definition) is 2. The van der Waals surface area contributed by atoms with E-state index in [1.54, 1.807) is 0 Å². The van der Waals surface area contributed by atoms with Crippen LogP contribution in [0.4, 0.5) is 0 Å². The molecule has 1 aromatic heterocycles. The highest BCUT2D eigenvalue weighted by molar-refractivity contribution is 7.10. The van der Waals surface area contributed by atoms with Gasteiger partial charge >= 0.3 is 0 Å². The molecule has 4 heteroatoms. The molecule has 0 spiro atoms. The Morgan fingerprint density at radius 3 is 2.94 bits per heavy atom. The first-order valence-electron chi connectivity index (χ1n) is 5.64. The maximum Gasteiger partial charge on any atom is 0.0302 e. The minimum Gasteiger partial charge on any atom is -0.316 e. The van der Waals surface area contributed by atoms with Crippen molar-refractivity contribution in [2.24, 2.45) is 5.41 Å². The minimum atomic E-state index is 0. The van der Waals surface area contributed by atoms with Gasteiger partial charge in [-0.1, -0.05) is 6.92 Å². The maximum atomic E-state index is 3.58. The van der Waals surface area contributed by atoms with Gasteiger partial charge in [-0.25, -0.2) is 0 Å². The predicted octanol–water partition coefficient (Wildman–Crippen LogP) is 2.57. The zero-order chi connectivity index (χ0) is 10.7. The molecule has 1 aliphatic rings. The van der Waals surface area contributed by atoms with E-state index < -0.39 is 0 Å². The lowest BCUT2D eigenvalue weighted by atomic mass is 9.90. The van der Waals surface area contributed by atoms with Crippen molar-refractivity contribution in [3.05, 3.63) is 21.9 Å². The molecule has 0 aliphatic carbocycles. The van der Waals surface area contributed by atoms with Crippen LogP contribution in [0, 0.1) is 12.3 Å². The van der Waals surface area contributed by atoms with Crippen LogP contribution >= 0.6 is 23.7 Å². The van der Waals surface area contributed by atoms with Crippen LogP contribution in [0.25, 0.3) is 0 Å². The van der Waals surface area contributed by atoms with E-state index in [9.17, 15) is 0 Å². The van der Waals surface area contributed by atoms with E-state index in [2.05, 4.69) is 35.9 Å². The van der Waals surface area contributed by atoms with Gasteiger partial charge < -0.3 is 10.6 Å². The summed E-state index contributed by atoms with van der Waals surface area (Å²) in [6, 6.07) is 2.19. The van der Waals surface area contributed by atoms with Crippen LogP contribution in [0.3, 0.4) is 0 Å². The standard InChI is InChI=1S/C12H20N2S.ClH/c1-10-3-6-15-11(10)7-14-9-12(2)4-5-13-8-12;/h3,6,13-14H,4-5,7-9H2,1-2H3;1H. The Hall–Kier alpha value is -0.0900. The summed E-state index contributed by atoms with van der Waals surface area (Å²) in [6.45, 7) is 9.03. The summed E-state index contributed by atoms with van der Waals surface area (Å²) >= 11 is 1.85. The topological polar surface area (TPSA) is 24.1 Å². The SMILES string of the molecule is Cc1ccsc1CNCC1(C)CCNC1.Cl. The van der Waals surface area contributed by atoms with E-state index in [0.717, 1.165) is 19.6 Å². The van der Waals surface area contributed by atoms with E-state index in [-0.39, 0.29) is 12.4 Å². The van der Waals surface area contributed by atoms with E-state index >= 15 is 0 Å². The first kappa shape index (κ1) is 14.0. The third-order valence-electron chi connectivity index (χ3n) is 3.26. The normalized spacial score (nSPS) is 24.4. The Balaban J connectivity index is 0.00000128. The number of hydrogen-bond acceptors (Lipinski definition) is 3. The average Bonchev–Trinajstić information content (AvgIpc) is 2.78. The molecule has 2 rings (SSSR count). The van der Waals surface area contributed by atoms with Gasteiger partial charge in [0.15, 0.2) is 0 Å². The van der Waals surface area contributed by atoms with Crippen molar-refractivity contribution in [3.63, 3.8) is 0 Å². The zero-order valence-electron chi connectivity index (χ0n) is 10.0. The van der Waals surface area contributed by atoms with Crippen LogP contribution in [0.1, 0.15) is 23.8 Å². The lowest BCUT2D eigenvalue weighted by Crippen LogP contribution is -2.33. The largest absolute Gasteiger partial charge is 0.316 e. The van der Waals surface area contributed by atoms with Gasteiger partial charge in [0, 0.05) is 24.5 Å². The van der Waals surface area contributed by atoms with Crippen molar-refractivity contribution in [1.29, 1.82) is 0 Å². The minimum absolute atomic E-state index is 0. The van der Waals surface area contributed by atoms with Crippen molar-refractivity contribution < 1.29 is 0 Å². The van der Waals surface area contributed by atoms with E-state index in [0.29, 0.717) is 5.41 Å². The van der Waals surface area contributed by atoms with E-state index in [1.807, 2.05) is 11.3 Å². The molecule has 1 unspecified atom stereocenters. The van der Waals surface area contributed by atoms with Crippen molar-refractivity contribution in [2.75, 3.05) is 19.6 Å². The Labute approximate surface area is 108 Å². The molecule has 0 amide bonds. The van der Waals surface area contributed by atoms with Crippen LogP contribution in [0.2, 0.25) is 0 Å². The van der Waals surface area contributed by atoms with Crippen LogP contribution in [-0.2, 0) is 6.54 Å². The second-order valence-electron chi connectivity index (χ2n) is 4.87. The highest BCUT2D eigenvalue weighted by Crippen LogP contribution is 2.23. The van der Waals surface area contributed by atoms with Crippen LogP contribution in [-0.4, -0.2) is 19.6 Å². The molecular formula is C12H21ClN2S. The third kappa shape index (κ3) is 3.45. The first-order chi connectivity index (χ1) is 7.20. The molecule has 16 heavy (non-hydrogen) atoms. The fourth-order valence-electron chi connectivity index (χ4n) is 2.08. The lowest BCUT2D eigenvalue weighted by Gasteiger charge is -2.22. The van der Waals surface area contributed by atoms with Gasteiger partial charge in [-0.2, -0.15) is 0 Å². The number of halogens is 1. The van der Waals surface area contributed by atoms with Gasteiger partial charge in [0.05, 0.1) is 0 Å². The molecule has 1 aliphatic heterocycles. The molecule has 1 atom stereocenters. The molecule has 0 aromatic carbocycles. The Morgan fingerprint density at radius 2 is 2.38 bits per heavy atom. The van der Waals surface area contributed by atoms with E-state index in [1.165, 1.54) is 23.4 Å². The summed E-state index contributed by atoms with van der Waals surface area (Å²) in [5, 5.41) is 9.18. The van der Waals surface area contributed by atoms with Crippen molar-refractivity contribution in [3.8, 4) is 0 Å². The summed E-state index contributed by atoms with van der Waals surface area (Å²) < 4.78 is 0. The summed E-state index contributed by atoms with van der Waals surface area (Å²) in [5.74, 6) is 0. The quantitative estimate of drug-likeness (QED) is 0.870. The van der Waals surface area contributed by atoms with Gasteiger partial charge in [-0.15, -0.1) is 23.7 Å². The fraction of sp³-hybridized carbons (Fsp3) is 0.667. The molecule has 0 saturated carbocycles. The first-order valence-corrected chi connectivity index (χ1v) is 6.52. The average molecular weight is 261 g/mol. The third-order valence-corrected chi connectivity index (χ3v) is 4.29. The van der Waals surface area contributed by atoms with Crippen LogP contribution in [0.5, 0.6) is 0 Å². The summed E-state index contributed by atoms with van der Waals surface area (Å²) in [5.41, 5.74) is 1.88. The maximum absolute atomic E-state index is 3.58. The van der Waals surface area contributed by atoms with Crippen LogP contribution in [0.15, 0.2) is 11.4 Å². The molecule has 0 bridgehead atoms. The number of thiophene rings is 1. The molecule has 1 aromatic rings. The Morgan fingerprint density at radius 1 is 1.56 bits per heavy atom. The summed E-state index contributed by atoms with van der Waals surface area (Å²) in [4.78, 5) is 1.48. The number of nitrogens with one attached hydrogen (secondary N) is 2. The Kier molecular flexibility index (Phi) is 5.25. The molecule has 92 valence electrons. The molecule has 0 radical (unpaired) electrons. The van der Waals surface area contributed by atoms with Crippen molar-refractivity contribution in [2.45, 2.75) is 26.8 Å². The highest BCUT2D eigenvalue weighted by Gasteiger charge is 2.27. The van der Waals surface area contributed by atoms with Gasteiger partial charge in [0.1, 0.15) is 0 Å². The molecule has 2 heterocycles. The summed E-state index contributed by atoms with van der Waals surface area (Å²) in [7, 11) is 0. The molecule has 2 N–H and O–H groups in total. The van der Waals surface area contributed by atoms with Gasteiger partial charge in [-0.3, -0.25) is 0 Å². The lowest BCUT2D eigenvalue weighted by molar-refractivity contribution is 0.339. The second-order valence-corrected chi connectivity index (χ2v) is 5.87. The van der Waals surface area contributed by atoms with Crippen LogP contribution < -0.4 is 10.6 Å². The second kappa shape index (κ2) is 6.01. The fourth-order valence-corrected chi connectivity index (χ4v) is 2.96. The molecule has 1 saturated heterocycles. The van der Waals surface area contributed by atoms with Gasteiger partial charge in [0.2, 0.25) is 0 Å². The number of rotatable bonds is 4. The van der Waals surface area contributed by atoms with E-state index in [4.69, 9.17) is 0 Å². The molecular weight excluding hydrogens is 240 g/mol. The van der Waals surface area contributed by atoms with Crippen molar-refractivity contribution >= 4 is 23.7 Å². The predicted molar refractivity (Wildman–Crippen MR) is 73.6 cm³/mol.